The molecule has 0 radical (unpaired) electrons. The highest BCUT2D eigenvalue weighted by Crippen LogP contribution is 2.20. The first-order valence-electron chi connectivity index (χ1n) is 7.86. The average Bonchev–Trinajstić information content (AvgIpc) is 3.18. The fraction of sp³-hybridized carbons (Fsp3) is 0.500. The van der Waals surface area contributed by atoms with Gasteiger partial charge < -0.3 is 4.98 Å². The molecule has 2 aromatic heterocycles. The van der Waals surface area contributed by atoms with E-state index in [9.17, 15) is 14.4 Å². The molecule has 0 bridgehead atoms. The number of H-pyrrole nitrogens is 1. The van der Waals surface area contributed by atoms with Crippen LogP contribution in [0.15, 0.2) is 14.7 Å². The second kappa shape index (κ2) is 6.75. The number of thioether (sulfide) groups is 1. The Bertz CT molecular complexity index is 971. The molecule has 2 aromatic rings. The molecule has 25 heavy (non-hydrogen) atoms. The van der Waals surface area contributed by atoms with E-state index < -0.39 is 11.2 Å². The van der Waals surface area contributed by atoms with Crippen molar-refractivity contribution in [2.45, 2.75) is 19.8 Å². The molecular weight excluding hydrogens is 346 g/mol. The first-order valence-corrected chi connectivity index (χ1v) is 8.85. The Labute approximate surface area is 146 Å². The normalized spacial score (nSPS) is 16.4. The lowest BCUT2D eigenvalue weighted by atomic mass is 10.3. The Morgan fingerprint density at radius 1 is 1.28 bits per heavy atom. The number of aryl methyl sites for hydroxylation is 1. The number of carbonyl (C=O) groups excluding carboxylic acids is 1. The molecule has 0 aromatic carbocycles. The van der Waals surface area contributed by atoms with E-state index >= 15 is 0 Å². The zero-order chi connectivity index (χ0) is 18.1. The van der Waals surface area contributed by atoms with Crippen LogP contribution in [0.4, 0.5) is 5.95 Å². The summed E-state index contributed by atoms with van der Waals surface area (Å²) in [6, 6.07) is 0. The number of nitrogens with zero attached hydrogens (tertiary/aromatic N) is 5. The van der Waals surface area contributed by atoms with Crippen LogP contribution in [0.5, 0.6) is 0 Å². The summed E-state index contributed by atoms with van der Waals surface area (Å²) in [6.45, 7) is 2.68. The maximum atomic E-state index is 12.1. The van der Waals surface area contributed by atoms with Gasteiger partial charge in [0.1, 0.15) is 0 Å². The summed E-state index contributed by atoms with van der Waals surface area (Å²) < 4.78 is 2.29. The smallest absolute Gasteiger partial charge is 0.317 e. The summed E-state index contributed by atoms with van der Waals surface area (Å²) in [5, 5.41) is 4.79. The maximum Gasteiger partial charge on any atom is 0.332 e. The van der Waals surface area contributed by atoms with E-state index in [0.29, 0.717) is 17.5 Å². The lowest BCUT2D eigenvalue weighted by Gasteiger charge is -2.14. The maximum absolute atomic E-state index is 12.1. The molecule has 0 atom stereocenters. The molecule has 10 nitrogen and oxygen atoms in total. The molecule has 3 rings (SSSR count). The van der Waals surface area contributed by atoms with Crippen molar-refractivity contribution in [2.24, 2.45) is 19.2 Å². The minimum absolute atomic E-state index is 0.0277. The summed E-state index contributed by atoms with van der Waals surface area (Å²) >= 11 is 1.35. The Morgan fingerprint density at radius 3 is 2.76 bits per heavy atom. The molecule has 0 spiro atoms. The minimum Gasteiger partial charge on any atom is -0.317 e. The molecule has 1 amide bonds. The predicted molar refractivity (Wildman–Crippen MR) is 96.7 cm³/mol. The Hall–Kier alpha value is -2.56. The highest BCUT2D eigenvalue weighted by atomic mass is 32.2. The van der Waals surface area contributed by atoms with E-state index in [1.807, 2.05) is 0 Å². The van der Waals surface area contributed by atoms with E-state index in [1.54, 1.807) is 11.9 Å². The van der Waals surface area contributed by atoms with Gasteiger partial charge in [-0.05, 0) is 6.42 Å². The quantitative estimate of drug-likeness (QED) is 0.721. The summed E-state index contributed by atoms with van der Waals surface area (Å²) in [5.41, 5.74) is 2.29. The van der Waals surface area contributed by atoms with Gasteiger partial charge in [-0.25, -0.2) is 10.2 Å². The molecule has 1 aliphatic rings. The van der Waals surface area contributed by atoms with E-state index in [0.717, 1.165) is 17.4 Å². The molecule has 3 heterocycles. The van der Waals surface area contributed by atoms with Crippen molar-refractivity contribution < 1.29 is 4.79 Å². The minimum atomic E-state index is -0.457. The largest absolute Gasteiger partial charge is 0.332 e. The zero-order valence-electron chi connectivity index (χ0n) is 14.2. The standard InChI is InChI=1S/C14H19N7O3S/c1-4-5-6-21-8(22)7-25-13(21)18-17-12-15-9-10(16-12)19(2)14(24)20(3)11(9)23/h4-7H2,1-3H3,(H2,15,16,17)/b18-13+. The summed E-state index contributed by atoms with van der Waals surface area (Å²) in [6.07, 6.45) is 1.88. The van der Waals surface area contributed by atoms with E-state index in [1.165, 1.54) is 23.4 Å². The second-order valence-corrected chi connectivity index (χ2v) is 6.63. The lowest BCUT2D eigenvalue weighted by Crippen LogP contribution is -2.36. The second-order valence-electron chi connectivity index (χ2n) is 5.68. The van der Waals surface area contributed by atoms with Crippen LogP contribution < -0.4 is 16.7 Å². The average molecular weight is 365 g/mol. The number of imidazole rings is 1. The molecular formula is C14H19N7O3S. The number of aromatic nitrogens is 4. The van der Waals surface area contributed by atoms with Gasteiger partial charge in [0.2, 0.25) is 11.9 Å². The van der Waals surface area contributed by atoms with Crippen LogP contribution in [-0.4, -0.2) is 47.4 Å². The summed E-state index contributed by atoms with van der Waals surface area (Å²) in [5.74, 6) is 0.621. The molecule has 0 unspecified atom stereocenters. The Balaban J connectivity index is 1.90. The van der Waals surface area contributed by atoms with Crippen molar-refractivity contribution in [2.75, 3.05) is 17.7 Å². The lowest BCUT2D eigenvalue weighted by molar-refractivity contribution is -0.124. The number of rotatable bonds is 5. The van der Waals surface area contributed by atoms with E-state index in [2.05, 4.69) is 27.4 Å². The third kappa shape index (κ3) is 3.06. The van der Waals surface area contributed by atoms with Gasteiger partial charge in [0, 0.05) is 20.6 Å². The van der Waals surface area contributed by atoms with Gasteiger partial charge in [0.25, 0.3) is 5.56 Å². The monoisotopic (exact) mass is 365 g/mol. The van der Waals surface area contributed by atoms with Crippen LogP contribution in [0.25, 0.3) is 11.2 Å². The van der Waals surface area contributed by atoms with Crippen LogP contribution in [-0.2, 0) is 18.9 Å². The fourth-order valence-corrected chi connectivity index (χ4v) is 3.37. The number of amidine groups is 1. The number of hydrogen-bond acceptors (Lipinski definition) is 7. The number of fused-ring (bicyclic) bond motifs is 1. The number of amides is 1. The van der Waals surface area contributed by atoms with Crippen LogP contribution in [0.1, 0.15) is 19.8 Å². The number of carbonyl (C=O) groups is 1. The van der Waals surface area contributed by atoms with Crippen LogP contribution in [0.3, 0.4) is 0 Å². The van der Waals surface area contributed by atoms with Gasteiger partial charge in [0.05, 0.1) is 5.75 Å². The topological polar surface area (TPSA) is 117 Å². The van der Waals surface area contributed by atoms with Crippen LogP contribution >= 0.6 is 11.8 Å². The van der Waals surface area contributed by atoms with Gasteiger partial charge in [-0.1, -0.05) is 25.1 Å². The molecule has 0 saturated carbocycles. The zero-order valence-corrected chi connectivity index (χ0v) is 15.0. The van der Waals surface area contributed by atoms with Gasteiger partial charge in [-0.3, -0.25) is 23.6 Å². The van der Waals surface area contributed by atoms with E-state index in [4.69, 9.17) is 0 Å². The van der Waals surface area contributed by atoms with Gasteiger partial charge in [-0.2, -0.15) is 4.98 Å². The van der Waals surface area contributed by atoms with Gasteiger partial charge in [-0.15, -0.1) is 5.10 Å². The molecule has 1 aliphatic heterocycles. The van der Waals surface area contributed by atoms with Crippen molar-refractivity contribution in [3.63, 3.8) is 0 Å². The molecule has 1 fully saturated rings. The first-order chi connectivity index (χ1) is 11.9. The molecule has 2 N–H and O–H groups in total. The van der Waals surface area contributed by atoms with Gasteiger partial charge in [0.15, 0.2) is 16.3 Å². The number of hydrazone groups is 1. The molecule has 1 saturated heterocycles. The van der Waals surface area contributed by atoms with Crippen molar-refractivity contribution in [3.05, 3.63) is 20.8 Å². The first kappa shape index (κ1) is 17.3. The van der Waals surface area contributed by atoms with Gasteiger partial charge >= 0.3 is 5.69 Å². The Kier molecular flexibility index (Phi) is 4.66. The summed E-state index contributed by atoms with van der Waals surface area (Å²) in [7, 11) is 2.95. The van der Waals surface area contributed by atoms with Crippen LogP contribution in [0.2, 0.25) is 0 Å². The Morgan fingerprint density at radius 2 is 2.04 bits per heavy atom. The number of nitrogens with one attached hydrogen (secondary N) is 2. The van der Waals surface area contributed by atoms with Crippen molar-refractivity contribution in [3.8, 4) is 0 Å². The number of hydrogen-bond donors (Lipinski definition) is 2. The molecule has 134 valence electrons. The highest BCUT2D eigenvalue weighted by molar-refractivity contribution is 8.15. The van der Waals surface area contributed by atoms with E-state index in [-0.39, 0.29) is 23.0 Å². The third-order valence-corrected chi connectivity index (χ3v) is 4.91. The number of unbranched alkanes of at least 4 members (excludes halogenated alkanes) is 1. The van der Waals surface area contributed by atoms with Crippen LogP contribution in [0, 0.1) is 0 Å². The third-order valence-electron chi connectivity index (χ3n) is 3.94. The molecule has 0 aliphatic carbocycles. The summed E-state index contributed by atoms with van der Waals surface area (Å²) in [4.78, 5) is 44.7. The van der Waals surface area contributed by atoms with Crippen molar-refractivity contribution >= 4 is 39.9 Å². The number of aromatic amines is 1. The number of anilines is 1. The molecule has 11 heteroatoms. The van der Waals surface area contributed by atoms with Crippen molar-refractivity contribution in [1.82, 2.24) is 24.0 Å². The SMILES string of the molecule is CCCCN1C(=O)CS/C1=N/Nc1nc2c([nH]1)c(=O)n(C)c(=O)n2C. The predicted octanol–water partition coefficient (Wildman–Crippen LogP) is 0.0187. The highest BCUT2D eigenvalue weighted by Gasteiger charge is 2.27. The van der Waals surface area contributed by atoms with Crippen molar-refractivity contribution in [1.29, 1.82) is 0 Å². The fourth-order valence-electron chi connectivity index (χ4n) is 2.50.